The molecule has 0 radical (unpaired) electrons. The number of halogens is 1. The SMILES string of the molecule is Cc1ccc(CNC(=O)c2cccc(Nc3cc(-c4ccc(F)cc4)ncn3)c2)o1. The van der Waals surface area contributed by atoms with Crippen LogP contribution in [0.15, 0.2) is 77.5 Å². The molecule has 0 aliphatic heterocycles. The van der Waals surface area contributed by atoms with Crippen LogP contribution in [0.1, 0.15) is 21.9 Å². The van der Waals surface area contributed by atoms with Gasteiger partial charge >= 0.3 is 0 Å². The maximum absolute atomic E-state index is 13.1. The van der Waals surface area contributed by atoms with Gasteiger partial charge in [0, 0.05) is 22.9 Å². The van der Waals surface area contributed by atoms with Crippen molar-refractivity contribution in [3.8, 4) is 11.3 Å². The molecule has 2 aromatic carbocycles. The fourth-order valence-corrected chi connectivity index (χ4v) is 2.94. The molecule has 0 fully saturated rings. The molecule has 0 unspecified atom stereocenters. The fraction of sp³-hybridized carbons (Fsp3) is 0.0870. The van der Waals surface area contributed by atoms with Crippen LogP contribution in [0.3, 0.4) is 0 Å². The number of nitrogens with one attached hydrogen (secondary N) is 2. The van der Waals surface area contributed by atoms with E-state index in [-0.39, 0.29) is 11.7 Å². The van der Waals surface area contributed by atoms with Crippen LogP contribution < -0.4 is 10.6 Å². The monoisotopic (exact) mass is 402 g/mol. The Morgan fingerprint density at radius 1 is 1.03 bits per heavy atom. The van der Waals surface area contributed by atoms with Crippen LogP contribution in [0.4, 0.5) is 15.9 Å². The molecule has 4 aromatic rings. The second-order valence-electron chi connectivity index (χ2n) is 6.70. The second kappa shape index (κ2) is 8.57. The van der Waals surface area contributed by atoms with Crippen LogP contribution in [0, 0.1) is 12.7 Å². The molecule has 0 aliphatic carbocycles. The smallest absolute Gasteiger partial charge is 0.251 e. The largest absolute Gasteiger partial charge is 0.465 e. The zero-order valence-electron chi connectivity index (χ0n) is 16.2. The predicted molar refractivity (Wildman–Crippen MR) is 112 cm³/mol. The number of aryl methyl sites for hydroxylation is 1. The molecule has 0 aliphatic rings. The van der Waals surface area contributed by atoms with E-state index in [0.29, 0.717) is 35.1 Å². The summed E-state index contributed by atoms with van der Waals surface area (Å²) in [6.45, 7) is 2.17. The summed E-state index contributed by atoms with van der Waals surface area (Å²) in [4.78, 5) is 20.9. The molecule has 2 aromatic heterocycles. The van der Waals surface area contributed by atoms with Gasteiger partial charge < -0.3 is 15.1 Å². The van der Waals surface area contributed by atoms with E-state index < -0.39 is 0 Å². The van der Waals surface area contributed by atoms with Crippen molar-refractivity contribution >= 4 is 17.4 Å². The van der Waals surface area contributed by atoms with E-state index in [1.165, 1.54) is 18.5 Å². The highest BCUT2D eigenvalue weighted by Gasteiger charge is 2.09. The molecule has 0 bridgehead atoms. The van der Waals surface area contributed by atoms with Crippen molar-refractivity contribution in [1.29, 1.82) is 0 Å². The third-order valence-corrected chi connectivity index (χ3v) is 4.42. The van der Waals surface area contributed by atoms with Crippen molar-refractivity contribution in [2.75, 3.05) is 5.32 Å². The van der Waals surface area contributed by atoms with Crippen LogP contribution in [-0.2, 0) is 6.54 Å². The Balaban J connectivity index is 1.46. The molecule has 6 nitrogen and oxygen atoms in total. The van der Waals surface area contributed by atoms with Crippen molar-refractivity contribution < 1.29 is 13.6 Å². The van der Waals surface area contributed by atoms with Gasteiger partial charge in [-0.05, 0) is 61.5 Å². The number of rotatable bonds is 6. The molecule has 2 heterocycles. The Hall–Kier alpha value is -4.00. The molecule has 1 amide bonds. The Kier molecular flexibility index (Phi) is 5.52. The van der Waals surface area contributed by atoms with E-state index in [0.717, 1.165) is 11.3 Å². The van der Waals surface area contributed by atoms with Crippen LogP contribution in [-0.4, -0.2) is 15.9 Å². The van der Waals surface area contributed by atoms with Gasteiger partial charge in [-0.3, -0.25) is 4.79 Å². The number of nitrogens with zero attached hydrogens (tertiary/aromatic N) is 2. The van der Waals surface area contributed by atoms with Crippen molar-refractivity contribution in [2.45, 2.75) is 13.5 Å². The first-order valence-electron chi connectivity index (χ1n) is 9.35. The van der Waals surface area contributed by atoms with Crippen molar-refractivity contribution in [3.63, 3.8) is 0 Å². The van der Waals surface area contributed by atoms with Crippen molar-refractivity contribution in [3.05, 3.63) is 96.0 Å². The highest BCUT2D eigenvalue weighted by molar-refractivity contribution is 5.95. The van der Waals surface area contributed by atoms with Gasteiger partial charge in [0.15, 0.2) is 0 Å². The molecule has 30 heavy (non-hydrogen) atoms. The minimum Gasteiger partial charge on any atom is -0.465 e. The number of hydrogen-bond acceptors (Lipinski definition) is 5. The zero-order valence-corrected chi connectivity index (χ0v) is 16.2. The number of carbonyl (C=O) groups excluding carboxylic acids is 1. The number of carbonyl (C=O) groups is 1. The van der Waals surface area contributed by atoms with E-state index in [1.807, 2.05) is 25.1 Å². The molecular formula is C23H19FN4O2. The van der Waals surface area contributed by atoms with Gasteiger partial charge in [0.05, 0.1) is 12.2 Å². The molecule has 7 heteroatoms. The Bertz CT molecular complexity index is 1170. The topological polar surface area (TPSA) is 80.0 Å². The summed E-state index contributed by atoms with van der Waals surface area (Å²) < 4.78 is 18.6. The molecule has 0 atom stereocenters. The van der Waals surface area contributed by atoms with Gasteiger partial charge in [0.2, 0.25) is 0 Å². The van der Waals surface area contributed by atoms with E-state index >= 15 is 0 Å². The van der Waals surface area contributed by atoms with Crippen molar-refractivity contribution in [2.24, 2.45) is 0 Å². The van der Waals surface area contributed by atoms with Gasteiger partial charge in [-0.25, -0.2) is 14.4 Å². The lowest BCUT2D eigenvalue weighted by Gasteiger charge is -2.09. The number of furan rings is 1. The molecule has 4 rings (SSSR count). The number of anilines is 2. The second-order valence-corrected chi connectivity index (χ2v) is 6.70. The van der Waals surface area contributed by atoms with Crippen LogP contribution in [0.5, 0.6) is 0 Å². The molecule has 150 valence electrons. The van der Waals surface area contributed by atoms with E-state index in [1.54, 1.807) is 36.4 Å². The number of hydrogen-bond donors (Lipinski definition) is 2. The summed E-state index contributed by atoms with van der Waals surface area (Å²) in [5, 5.41) is 6.01. The Morgan fingerprint density at radius 3 is 2.63 bits per heavy atom. The standard InChI is InChI=1S/C23H19FN4O2/c1-15-5-10-20(30-15)13-25-23(29)17-3-2-4-19(11-17)28-22-12-21(26-14-27-22)16-6-8-18(24)9-7-16/h2-12,14H,13H2,1H3,(H,25,29)(H,26,27,28). The Morgan fingerprint density at radius 2 is 1.87 bits per heavy atom. The minimum absolute atomic E-state index is 0.206. The summed E-state index contributed by atoms with van der Waals surface area (Å²) in [6.07, 6.45) is 1.43. The van der Waals surface area contributed by atoms with Gasteiger partial charge in [-0.2, -0.15) is 0 Å². The van der Waals surface area contributed by atoms with Crippen LogP contribution in [0.25, 0.3) is 11.3 Å². The summed E-state index contributed by atoms with van der Waals surface area (Å²) in [5.74, 6) is 1.55. The third-order valence-electron chi connectivity index (χ3n) is 4.42. The zero-order chi connectivity index (χ0) is 20.9. The summed E-state index contributed by atoms with van der Waals surface area (Å²) in [7, 11) is 0. The molecular weight excluding hydrogens is 383 g/mol. The van der Waals surface area contributed by atoms with Crippen LogP contribution in [0.2, 0.25) is 0 Å². The quantitative estimate of drug-likeness (QED) is 0.482. The fourth-order valence-electron chi connectivity index (χ4n) is 2.94. The maximum atomic E-state index is 13.1. The first-order chi connectivity index (χ1) is 14.6. The summed E-state index contributed by atoms with van der Waals surface area (Å²) in [5.41, 5.74) is 2.66. The number of amides is 1. The van der Waals surface area contributed by atoms with Crippen molar-refractivity contribution in [1.82, 2.24) is 15.3 Å². The summed E-state index contributed by atoms with van der Waals surface area (Å²) >= 11 is 0. The molecule has 2 N–H and O–H groups in total. The highest BCUT2D eigenvalue weighted by atomic mass is 19.1. The third kappa shape index (κ3) is 4.70. The van der Waals surface area contributed by atoms with Gasteiger partial charge in [0.1, 0.15) is 29.5 Å². The Labute approximate surface area is 172 Å². The lowest BCUT2D eigenvalue weighted by Crippen LogP contribution is -2.22. The average Bonchev–Trinajstić information content (AvgIpc) is 3.18. The summed E-state index contributed by atoms with van der Waals surface area (Å²) in [6, 6.07) is 18.6. The lowest BCUT2D eigenvalue weighted by atomic mass is 10.1. The number of aromatic nitrogens is 2. The van der Waals surface area contributed by atoms with E-state index in [4.69, 9.17) is 4.42 Å². The lowest BCUT2D eigenvalue weighted by molar-refractivity contribution is 0.0948. The molecule has 0 saturated heterocycles. The first kappa shape index (κ1) is 19.3. The molecule has 0 saturated carbocycles. The first-order valence-corrected chi connectivity index (χ1v) is 9.35. The van der Waals surface area contributed by atoms with Crippen LogP contribution >= 0.6 is 0 Å². The predicted octanol–water partition coefficient (Wildman–Crippen LogP) is 4.86. The van der Waals surface area contributed by atoms with E-state index in [2.05, 4.69) is 20.6 Å². The number of benzene rings is 2. The van der Waals surface area contributed by atoms with E-state index in [9.17, 15) is 9.18 Å². The van der Waals surface area contributed by atoms with Gasteiger partial charge in [-0.1, -0.05) is 6.07 Å². The minimum atomic E-state index is -0.302. The normalized spacial score (nSPS) is 10.6. The average molecular weight is 402 g/mol. The maximum Gasteiger partial charge on any atom is 0.251 e. The molecule has 0 spiro atoms. The highest BCUT2D eigenvalue weighted by Crippen LogP contribution is 2.22. The van der Waals surface area contributed by atoms with Gasteiger partial charge in [-0.15, -0.1) is 0 Å². The van der Waals surface area contributed by atoms with Gasteiger partial charge in [0.25, 0.3) is 5.91 Å².